The molecule has 4 heteroatoms. The molecule has 0 aromatic heterocycles. The molecule has 0 spiro atoms. The van der Waals surface area contributed by atoms with E-state index in [0.29, 0.717) is 29.9 Å². The van der Waals surface area contributed by atoms with Crippen molar-refractivity contribution < 1.29 is 9.53 Å². The number of rotatable bonds is 7. The van der Waals surface area contributed by atoms with E-state index in [9.17, 15) is 4.79 Å². The van der Waals surface area contributed by atoms with Gasteiger partial charge < -0.3 is 15.8 Å². The maximum Gasteiger partial charge on any atom is 0.223 e. The Morgan fingerprint density at radius 2 is 2.05 bits per heavy atom. The molecule has 3 N–H and O–H groups in total. The zero-order valence-electron chi connectivity index (χ0n) is 12.9. The van der Waals surface area contributed by atoms with Crippen molar-refractivity contribution >= 4 is 11.6 Å². The van der Waals surface area contributed by atoms with Crippen LogP contribution in [-0.2, 0) is 4.79 Å². The number of benzene rings is 1. The van der Waals surface area contributed by atoms with Crippen molar-refractivity contribution in [3.05, 3.63) is 24.3 Å². The van der Waals surface area contributed by atoms with Crippen LogP contribution in [-0.4, -0.2) is 19.1 Å². The molecule has 1 aliphatic carbocycles. The first kappa shape index (κ1) is 15.7. The maximum absolute atomic E-state index is 11.9. The van der Waals surface area contributed by atoms with Gasteiger partial charge in [0.1, 0.15) is 5.75 Å². The van der Waals surface area contributed by atoms with Crippen molar-refractivity contribution in [2.24, 2.45) is 5.41 Å². The van der Waals surface area contributed by atoms with Crippen molar-refractivity contribution in [2.45, 2.75) is 45.4 Å². The Kier molecular flexibility index (Phi) is 5.48. The first-order chi connectivity index (χ1) is 10.2. The molecule has 116 valence electrons. The number of anilines is 1. The van der Waals surface area contributed by atoms with Crippen LogP contribution >= 0.6 is 0 Å². The molecule has 0 bridgehead atoms. The van der Waals surface area contributed by atoms with Crippen molar-refractivity contribution in [3.63, 3.8) is 0 Å². The van der Waals surface area contributed by atoms with Crippen LogP contribution in [0.15, 0.2) is 24.3 Å². The fraction of sp³-hybridized carbons (Fsp3) is 0.588. The third-order valence-corrected chi connectivity index (χ3v) is 4.58. The van der Waals surface area contributed by atoms with Crippen LogP contribution in [0.4, 0.5) is 5.69 Å². The molecule has 0 atom stereocenters. The lowest BCUT2D eigenvalue weighted by Gasteiger charge is -2.27. The molecule has 0 unspecified atom stereocenters. The zero-order chi connectivity index (χ0) is 15.1. The quantitative estimate of drug-likeness (QED) is 0.758. The molecule has 0 radical (unpaired) electrons. The fourth-order valence-electron chi connectivity index (χ4n) is 3.02. The largest absolute Gasteiger partial charge is 0.491 e. The molecular weight excluding hydrogens is 264 g/mol. The fourth-order valence-corrected chi connectivity index (χ4v) is 3.02. The number of ether oxygens (including phenoxy) is 1. The van der Waals surface area contributed by atoms with E-state index >= 15 is 0 Å². The van der Waals surface area contributed by atoms with Crippen LogP contribution < -0.4 is 15.8 Å². The summed E-state index contributed by atoms with van der Waals surface area (Å²) < 4.78 is 5.54. The van der Waals surface area contributed by atoms with Gasteiger partial charge >= 0.3 is 0 Å². The molecule has 1 fully saturated rings. The number of para-hydroxylation sites is 2. The molecule has 4 nitrogen and oxygen atoms in total. The van der Waals surface area contributed by atoms with Gasteiger partial charge in [-0.1, -0.05) is 31.9 Å². The van der Waals surface area contributed by atoms with E-state index < -0.39 is 0 Å². The molecule has 0 aliphatic heterocycles. The highest BCUT2D eigenvalue weighted by molar-refractivity contribution is 5.76. The number of hydrogen-bond donors (Lipinski definition) is 2. The van der Waals surface area contributed by atoms with Gasteiger partial charge in [-0.25, -0.2) is 0 Å². The Bertz CT molecular complexity index is 468. The smallest absolute Gasteiger partial charge is 0.223 e. The topological polar surface area (TPSA) is 64.3 Å². The van der Waals surface area contributed by atoms with Crippen LogP contribution in [0, 0.1) is 5.41 Å². The van der Waals surface area contributed by atoms with Crippen molar-refractivity contribution in [1.29, 1.82) is 0 Å². The maximum atomic E-state index is 11.9. The van der Waals surface area contributed by atoms with Crippen molar-refractivity contribution in [2.75, 3.05) is 18.9 Å². The average Bonchev–Trinajstić information content (AvgIpc) is 2.97. The molecule has 0 heterocycles. The van der Waals surface area contributed by atoms with Crippen molar-refractivity contribution in [3.8, 4) is 5.75 Å². The summed E-state index contributed by atoms with van der Waals surface area (Å²) in [6.45, 7) is 3.38. The summed E-state index contributed by atoms with van der Waals surface area (Å²) >= 11 is 0. The molecule has 21 heavy (non-hydrogen) atoms. The minimum Gasteiger partial charge on any atom is -0.491 e. The summed E-state index contributed by atoms with van der Waals surface area (Å²) in [5.41, 5.74) is 6.73. The minimum absolute atomic E-state index is 0.0595. The van der Waals surface area contributed by atoms with Gasteiger partial charge in [-0.15, -0.1) is 0 Å². The molecule has 1 aromatic carbocycles. The second-order valence-electron chi connectivity index (χ2n) is 5.97. The number of nitrogen functional groups attached to an aromatic ring is 1. The predicted octanol–water partition coefficient (Wildman–Crippen LogP) is 3.12. The highest BCUT2D eigenvalue weighted by Gasteiger charge is 2.31. The number of carbonyl (C=O) groups excluding carboxylic acids is 1. The van der Waals surface area contributed by atoms with E-state index in [1.165, 1.54) is 25.7 Å². The third kappa shape index (κ3) is 4.38. The minimum atomic E-state index is 0.0595. The summed E-state index contributed by atoms with van der Waals surface area (Å²) in [5.74, 6) is 0.704. The number of carbonyl (C=O) groups is 1. The molecule has 1 aliphatic rings. The Balaban J connectivity index is 1.69. The summed E-state index contributed by atoms with van der Waals surface area (Å²) in [6.07, 6.45) is 6.57. The van der Waals surface area contributed by atoms with Crippen molar-refractivity contribution in [1.82, 2.24) is 5.32 Å². The molecular formula is C17H26N2O2. The van der Waals surface area contributed by atoms with Gasteiger partial charge in [0.2, 0.25) is 5.91 Å². The highest BCUT2D eigenvalue weighted by atomic mass is 16.5. The van der Waals surface area contributed by atoms with Crippen LogP contribution in [0.25, 0.3) is 0 Å². The summed E-state index contributed by atoms with van der Waals surface area (Å²) in [5, 5.41) is 3.07. The second-order valence-corrected chi connectivity index (χ2v) is 5.97. The number of nitrogens with two attached hydrogens (primary N) is 1. The van der Waals surface area contributed by atoms with Gasteiger partial charge in [0.05, 0.1) is 18.7 Å². The first-order valence-electron chi connectivity index (χ1n) is 7.89. The lowest BCUT2D eigenvalue weighted by Crippen LogP contribution is -2.36. The van der Waals surface area contributed by atoms with E-state index in [4.69, 9.17) is 10.5 Å². The van der Waals surface area contributed by atoms with Gasteiger partial charge in [0.15, 0.2) is 0 Å². The van der Waals surface area contributed by atoms with E-state index in [2.05, 4.69) is 12.2 Å². The number of hydrogen-bond acceptors (Lipinski definition) is 3. The average molecular weight is 290 g/mol. The number of amides is 1. The third-order valence-electron chi connectivity index (χ3n) is 4.58. The Labute approximate surface area is 127 Å². The zero-order valence-corrected chi connectivity index (χ0v) is 12.9. The summed E-state index contributed by atoms with van der Waals surface area (Å²) in [6, 6.07) is 7.34. The van der Waals surface area contributed by atoms with Gasteiger partial charge in [-0.2, -0.15) is 0 Å². The first-order valence-corrected chi connectivity index (χ1v) is 7.89. The molecule has 2 rings (SSSR count). The predicted molar refractivity (Wildman–Crippen MR) is 85.2 cm³/mol. The van der Waals surface area contributed by atoms with Crippen LogP contribution in [0.2, 0.25) is 0 Å². The summed E-state index contributed by atoms with van der Waals surface area (Å²) in [4.78, 5) is 11.9. The Hall–Kier alpha value is -1.71. The molecule has 1 aromatic rings. The van der Waals surface area contributed by atoms with Gasteiger partial charge in [-0.3, -0.25) is 4.79 Å². The molecule has 1 amide bonds. The van der Waals surface area contributed by atoms with E-state index in [-0.39, 0.29) is 5.91 Å². The number of nitrogens with one attached hydrogen (secondary N) is 1. The SMILES string of the molecule is CCC1(CNC(=O)CCOc2ccccc2N)CCCC1. The molecule has 1 saturated carbocycles. The highest BCUT2D eigenvalue weighted by Crippen LogP contribution is 2.40. The van der Waals surface area contributed by atoms with E-state index in [0.717, 1.165) is 13.0 Å². The second kappa shape index (κ2) is 7.34. The Morgan fingerprint density at radius 3 is 2.71 bits per heavy atom. The van der Waals surface area contributed by atoms with Crippen LogP contribution in [0.1, 0.15) is 45.4 Å². The standard InChI is InChI=1S/C17H26N2O2/c1-2-17(10-5-6-11-17)13-19-16(20)9-12-21-15-8-4-3-7-14(15)18/h3-4,7-8H,2,5-6,9-13,18H2,1H3,(H,19,20). The van der Waals surface area contributed by atoms with E-state index in [1.807, 2.05) is 18.2 Å². The van der Waals surface area contributed by atoms with Gasteiger partial charge in [0.25, 0.3) is 0 Å². The van der Waals surface area contributed by atoms with Gasteiger partial charge in [0, 0.05) is 6.54 Å². The summed E-state index contributed by atoms with van der Waals surface area (Å²) in [7, 11) is 0. The monoisotopic (exact) mass is 290 g/mol. The van der Waals surface area contributed by atoms with E-state index in [1.54, 1.807) is 6.07 Å². The van der Waals surface area contributed by atoms with Crippen LogP contribution in [0.3, 0.4) is 0 Å². The van der Waals surface area contributed by atoms with Gasteiger partial charge in [-0.05, 0) is 36.8 Å². The van der Waals surface area contributed by atoms with Crippen LogP contribution in [0.5, 0.6) is 5.75 Å². The lowest BCUT2D eigenvalue weighted by molar-refractivity contribution is -0.122. The molecule has 0 saturated heterocycles. The normalized spacial score (nSPS) is 16.6. The Morgan fingerprint density at radius 1 is 1.33 bits per heavy atom. The lowest BCUT2D eigenvalue weighted by atomic mass is 9.83.